The summed E-state index contributed by atoms with van der Waals surface area (Å²) in [5, 5.41) is 12.5. The van der Waals surface area contributed by atoms with Gasteiger partial charge in [0.1, 0.15) is 11.4 Å². The van der Waals surface area contributed by atoms with Crippen LogP contribution >= 0.6 is 0 Å². The van der Waals surface area contributed by atoms with Crippen molar-refractivity contribution in [3.63, 3.8) is 0 Å². The standard InChI is InChI=1S/C18H25NO5/c1-5-23-16(21)9-7-6-8-13-12-14(10-11-15(13)20)19-17(22)24-18(2,3)4/h7,9-12,20H,5-6,8H2,1-4H3,(H,19,22)/b9-7-. The minimum atomic E-state index is -0.582. The molecule has 0 aromatic heterocycles. The number of amides is 1. The molecule has 6 heteroatoms. The molecular formula is C18H25NO5. The van der Waals surface area contributed by atoms with Gasteiger partial charge in [0.15, 0.2) is 0 Å². The molecule has 0 aliphatic heterocycles. The van der Waals surface area contributed by atoms with E-state index in [0.717, 1.165) is 0 Å². The van der Waals surface area contributed by atoms with E-state index in [0.29, 0.717) is 30.7 Å². The fraction of sp³-hybridized carbons (Fsp3) is 0.444. The van der Waals surface area contributed by atoms with E-state index < -0.39 is 11.7 Å². The molecule has 0 saturated carbocycles. The van der Waals surface area contributed by atoms with E-state index in [1.54, 1.807) is 45.9 Å². The summed E-state index contributed by atoms with van der Waals surface area (Å²) < 4.78 is 9.97. The molecule has 1 aromatic rings. The number of phenols is 1. The Morgan fingerprint density at radius 1 is 1.29 bits per heavy atom. The van der Waals surface area contributed by atoms with E-state index >= 15 is 0 Å². The lowest BCUT2D eigenvalue weighted by Crippen LogP contribution is -2.27. The SMILES string of the molecule is CCOC(=O)/C=C\CCc1cc(NC(=O)OC(C)(C)C)ccc1O. The van der Waals surface area contributed by atoms with Crippen LogP contribution in [0.5, 0.6) is 5.75 Å². The number of nitrogens with one attached hydrogen (secondary N) is 1. The Bertz CT molecular complexity index is 602. The van der Waals surface area contributed by atoms with Crippen molar-refractivity contribution in [2.45, 2.75) is 46.1 Å². The lowest BCUT2D eigenvalue weighted by Gasteiger charge is -2.19. The highest BCUT2D eigenvalue weighted by Crippen LogP contribution is 2.23. The number of carbonyl (C=O) groups is 2. The zero-order chi connectivity index (χ0) is 18.2. The van der Waals surface area contributed by atoms with Crippen molar-refractivity contribution >= 4 is 17.7 Å². The summed E-state index contributed by atoms with van der Waals surface area (Å²) in [5.41, 5.74) is 0.616. The molecule has 0 fully saturated rings. The number of anilines is 1. The molecule has 132 valence electrons. The third kappa shape index (κ3) is 7.67. The Labute approximate surface area is 142 Å². The second kappa shape index (κ2) is 8.96. The monoisotopic (exact) mass is 335 g/mol. The average Bonchev–Trinajstić information content (AvgIpc) is 2.45. The predicted octanol–water partition coefficient (Wildman–Crippen LogP) is 3.79. The summed E-state index contributed by atoms with van der Waals surface area (Å²) in [4.78, 5) is 23.0. The van der Waals surface area contributed by atoms with Crippen LogP contribution in [0.25, 0.3) is 0 Å². The van der Waals surface area contributed by atoms with Crippen molar-refractivity contribution < 1.29 is 24.2 Å². The molecular weight excluding hydrogens is 310 g/mol. The summed E-state index contributed by atoms with van der Waals surface area (Å²) in [6.07, 6.45) is 3.57. The van der Waals surface area contributed by atoms with Crippen LogP contribution in [0, 0.1) is 0 Å². The maximum Gasteiger partial charge on any atom is 0.412 e. The van der Waals surface area contributed by atoms with Crippen molar-refractivity contribution in [1.82, 2.24) is 0 Å². The normalized spacial score (nSPS) is 11.3. The zero-order valence-corrected chi connectivity index (χ0v) is 14.6. The number of hydrogen-bond acceptors (Lipinski definition) is 5. The van der Waals surface area contributed by atoms with E-state index in [9.17, 15) is 14.7 Å². The quantitative estimate of drug-likeness (QED) is 0.469. The Morgan fingerprint density at radius 3 is 2.62 bits per heavy atom. The molecule has 0 bridgehead atoms. The first-order chi connectivity index (χ1) is 11.2. The van der Waals surface area contributed by atoms with E-state index in [2.05, 4.69) is 5.32 Å². The highest BCUT2D eigenvalue weighted by Gasteiger charge is 2.16. The Balaban J connectivity index is 2.63. The topological polar surface area (TPSA) is 84.9 Å². The molecule has 0 aliphatic carbocycles. The van der Waals surface area contributed by atoms with Crippen LogP contribution in [0.1, 0.15) is 39.7 Å². The van der Waals surface area contributed by atoms with Gasteiger partial charge in [-0.25, -0.2) is 9.59 Å². The van der Waals surface area contributed by atoms with Gasteiger partial charge in [-0.15, -0.1) is 0 Å². The highest BCUT2D eigenvalue weighted by atomic mass is 16.6. The van der Waals surface area contributed by atoms with Crippen LogP contribution in [-0.2, 0) is 20.7 Å². The van der Waals surface area contributed by atoms with Crippen molar-refractivity contribution in [3.05, 3.63) is 35.9 Å². The molecule has 0 aliphatic rings. The number of allylic oxidation sites excluding steroid dienone is 1. The molecule has 0 spiro atoms. The summed E-state index contributed by atoms with van der Waals surface area (Å²) in [5.74, 6) is -0.253. The maximum absolute atomic E-state index is 11.8. The first kappa shape index (κ1) is 19.5. The zero-order valence-electron chi connectivity index (χ0n) is 14.6. The third-order valence-corrected chi connectivity index (χ3v) is 2.85. The van der Waals surface area contributed by atoms with Crippen LogP contribution < -0.4 is 5.32 Å². The molecule has 1 rings (SSSR count). The number of ether oxygens (including phenoxy) is 2. The van der Waals surface area contributed by atoms with Gasteiger partial charge in [0.2, 0.25) is 0 Å². The van der Waals surface area contributed by atoms with E-state index in [-0.39, 0.29) is 11.7 Å². The molecule has 0 atom stereocenters. The molecule has 1 amide bonds. The number of aryl methyl sites for hydroxylation is 1. The van der Waals surface area contributed by atoms with E-state index in [4.69, 9.17) is 9.47 Å². The van der Waals surface area contributed by atoms with Gasteiger partial charge in [-0.05, 0) is 64.3 Å². The highest BCUT2D eigenvalue weighted by molar-refractivity contribution is 5.85. The molecule has 0 radical (unpaired) electrons. The van der Waals surface area contributed by atoms with Crippen LogP contribution in [0.15, 0.2) is 30.4 Å². The Morgan fingerprint density at radius 2 is 2.00 bits per heavy atom. The third-order valence-electron chi connectivity index (χ3n) is 2.85. The number of rotatable bonds is 6. The van der Waals surface area contributed by atoms with Crippen LogP contribution in [-0.4, -0.2) is 29.4 Å². The van der Waals surface area contributed by atoms with Crippen LogP contribution in [0.3, 0.4) is 0 Å². The van der Waals surface area contributed by atoms with Gasteiger partial charge in [0.05, 0.1) is 6.61 Å². The lowest BCUT2D eigenvalue weighted by molar-refractivity contribution is -0.137. The molecule has 2 N–H and O–H groups in total. The van der Waals surface area contributed by atoms with Crippen molar-refractivity contribution in [2.24, 2.45) is 0 Å². The largest absolute Gasteiger partial charge is 0.508 e. The van der Waals surface area contributed by atoms with Gasteiger partial charge in [0.25, 0.3) is 0 Å². The van der Waals surface area contributed by atoms with Crippen molar-refractivity contribution in [3.8, 4) is 5.75 Å². The number of phenolic OH excluding ortho intramolecular Hbond substituents is 1. The van der Waals surface area contributed by atoms with E-state index in [1.807, 2.05) is 0 Å². The van der Waals surface area contributed by atoms with Gasteiger partial charge in [0, 0.05) is 11.8 Å². The number of aromatic hydroxyl groups is 1. The molecule has 6 nitrogen and oxygen atoms in total. The number of carbonyl (C=O) groups excluding carboxylic acids is 2. The minimum absolute atomic E-state index is 0.134. The van der Waals surface area contributed by atoms with Crippen molar-refractivity contribution in [2.75, 3.05) is 11.9 Å². The van der Waals surface area contributed by atoms with Crippen LogP contribution in [0.2, 0.25) is 0 Å². The second-order valence-corrected chi connectivity index (χ2v) is 6.16. The fourth-order valence-corrected chi connectivity index (χ4v) is 1.89. The van der Waals surface area contributed by atoms with Crippen molar-refractivity contribution in [1.29, 1.82) is 0 Å². The summed E-state index contributed by atoms with van der Waals surface area (Å²) in [7, 11) is 0. The lowest BCUT2D eigenvalue weighted by atomic mass is 10.1. The molecule has 0 saturated heterocycles. The maximum atomic E-state index is 11.8. The predicted molar refractivity (Wildman–Crippen MR) is 92.1 cm³/mol. The average molecular weight is 335 g/mol. The van der Waals surface area contributed by atoms with Gasteiger partial charge in [-0.1, -0.05) is 6.08 Å². The minimum Gasteiger partial charge on any atom is -0.508 e. The summed E-state index contributed by atoms with van der Waals surface area (Å²) >= 11 is 0. The smallest absolute Gasteiger partial charge is 0.412 e. The van der Waals surface area contributed by atoms with Gasteiger partial charge < -0.3 is 14.6 Å². The summed E-state index contributed by atoms with van der Waals surface area (Å²) in [6, 6.07) is 4.78. The van der Waals surface area contributed by atoms with Gasteiger partial charge >= 0.3 is 12.1 Å². The summed E-state index contributed by atoms with van der Waals surface area (Å²) in [6.45, 7) is 7.43. The molecule has 24 heavy (non-hydrogen) atoms. The first-order valence-corrected chi connectivity index (χ1v) is 7.86. The molecule has 0 heterocycles. The fourth-order valence-electron chi connectivity index (χ4n) is 1.89. The van der Waals surface area contributed by atoms with Gasteiger partial charge in [-0.2, -0.15) is 0 Å². The van der Waals surface area contributed by atoms with Crippen LogP contribution in [0.4, 0.5) is 10.5 Å². The first-order valence-electron chi connectivity index (χ1n) is 7.86. The number of benzene rings is 1. The van der Waals surface area contributed by atoms with E-state index in [1.165, 1.54) is 12.1 Å². The Hall–Kier alpha value is -2.50. The molecule has 1 aromatic carbocycles. The Kier molecular flexibility index (Phi) is 7.30. The number of esters is 1. The molecule has 0 unspecified atom stereocenters. The second-order valence-electron chi connectivity index (χ2n) is 6.16. The number of hydrogen-bond donors (Lipinski definition) is 2. The van der Waals surface area contributed by atoms with Gasteiger partial charge in [-0.3, -0.25) is 5.32 Å².